The molecule has 0 fully saturated rings. The SMILES string of the molecule is CCOCC.O=S(=O)(O)O.[LiH]. The van der Waals surface area contributed by atoms with E-state index in [-0.39, 0.29) is 18.9 Å². The summed E-state index contributed by atoms with van der Waals surface area (Å²) in [6.45, 7) is 5.67. The van der Waals surface area contributed by atoms with Gasteiger partial charge < -0.3 is 4.74 Å². The Bertz CT molecular complexity index is 133. The van der Waals surface area contributed by atoms with Crippen LogP contribution in [0.25, 0.3) is 0 Å². The fourth-order valence-electron chi connectivity index (χ4n) is 0.204. The van der Waals surface area contributed by atoms with Crippen molar-refractivity contribution in [1.29, 1.82) is 0 Å². The molecule has 0 aliphatic heterocycles. The van der Waals surface area contributed by atoms with Crippen molar-refractivity contribution in [2.45, 2.75) is 13.8 Å². The van der Waals surface area contributed by atoms with Crippen LogP contribution in [0, 0.1) is 0 Å². The summed E-state index contributed by atoms with van der Waals surface area (Å²) in [5.74, 6) is 0. The third kappa shape index (κ3) is 126. The van der Waals surface area contributed by atoms with Crippen LogP contribution in [0.2, 0.25) is 0 Å². The molecule has 0 aliphatic rings. The van der Waals surface area contributed by atoms with Crippen LogP contribution in [0.1, 0.15) is 13.8 Å². The number of ether oxygens (including phenoxy) is 1. The minimum absolute atomic E-state index is 0. The van der Waals surface area contributed by atoms with Crippen molar-refractivity contribution in [2.75, 3.05) is 13.2 Å². The predicted octanol–water partition coefficient (Wildman–Crippen LogP) is -0.259. The van der Waals surface area contributed by atoms with Crippen LogP contribution in [-0.4, -0.2) is 49.6 Å². The molecule has 11 heavy (non-hydrogen) atoms. The Morgan fingerprint density at radius 3 is 1.36 bits per heavy atom. The zero-order chi connectivity index (χ0) is 8.62. The van der Waals surface area contributed by atoms with Crippen LogP contribution in [0.3, 0.4) is 0 Å². The minimum atomic E-state index is -4.67. The maximum atomic E-state index is 8.74. The van der Waals surface area contributed by atoms with E-state index in [1.165, 1.54) is 0 Å². The summed E-state index contributed by atoms with van der Waals surface area (Å²) in [5, 5.41) is 0. The van der Waals surface area contributed by atoms with Gasteiger partial charge in [-0.05, 0) is 13.8 Å². The predicted molar refractivity (Wildman–Crippen MR) is 43.5 cm³/mol. The normalized spacial score (nSPS) is 9.09. The van der Waals surface area contributed by atoms with Crippen molar-refractivity contribution in [3.8, 4) is 0 Å². The second kappa shape index (κ2) is 10.4. The second-order valence-electron chi connectivity index (χ2n) is 1.23. The topological polar surface area (TPSA) is 83.8 Å². The Labute approximate surface area is 78.9 Å². The van der Waals surface area contributed by atoms with Gasteiger partial charge in [-0.1, -0.05) is 0 Å². The first-order valence-corrected chi connectivity index (χ1v) is 4.09. The monoisotopic (exact) mass is 180 g/mol. The number of rotatable bonds is 2. The molecule has 0 atom stereocenters. The van der Waals surface area contributed by atoms with Crippen molar-refractivity contribution in [1.82, 2.24) is 0 Å². The molecular formula is C4H13LiO5S. The van der Waals surface area contributed by atoms with Gasteiger partial charge in [0.15, 0.2) is 0 Å². The molecule has 0 saturated carbocycles. The molecule has 66 valence electrons. The molecule has 0 aromatic heterocycles. The third-order valence-corrected chi connectivity index (χ3v) is 0.408. The summed E-state index contributed by atoms with van der Waals surface area (Å²) in [6, 6.07) is 0. The Morgan fingerprint density at radius 2 is 1.36 bits per heavy atom. The molecule has 7 heteroatoms. The first-order chi connectivity index (χ1) is 4.41. The van der Waals surface area contributed by atoms with Crippen LogP contribution in [0.15, 0.2) is 0 Å². The average molecular weight is 180 g/mol. The van der Waals surface area contributed by atoms with E-state index in [0.29, 0.717) is 0 Å². The van der Waals surface area contributed by atoms with E-state index < -0.39 is 10.4 Å². The van der Waals surface area contributed by atoms with E-state index in [9.17, 15) is 0 Å². The van der Waals surface area contributed by atoms with Crippen LogP contribution >= 0.6 is 0 Å². The second-order valence-corrected chi connectivity index (χ2v) is 2.12. The molecule has 0 saturated heterocycles. The van der Waals surface area contributed by atoms with E-state index >= 15 is 0 Å². The van der Waals surface area contributed by atoms with Crippen molar-refractivity contribution in [3.63, 3.8) is 0 Å². The van der Waals surface area contributed by atoms with Crippen molar-refractivity contribution < 1.29 is 22.3 Å². The fourth-order valence-corrected chi connectivity index (χ4v) is 0.204. The molecule has 0 amide bonds. The van der Waals surface area contributed by atoms with Gasteiger partial charge in [-0.3, -0.25) is 9.11 Å². The molecular weight excluding hydrogens is 167 g/mol. The Hall–Kier alpha value is 0.427. The average Bonchev–Trinajstić information content (AvgIpc) is 1.63. The summed E-state index contributed by atoms with van der Waals surface area (Å²) >= 11 is 0. The molecule has 0 aromatic rings. The quantitative estimate of drug-likeness (QED) is 0.452. The molecule has 0 unspecified atom stereocenters. The maximum absolute atomic E-state index is 8.74. The zero-order valence-electron chi connectivity index (χ0n) is 5.94. The van der Waals surface area contributed by atoms with Gasteiger partial charge in [0.1, 0.15) is 0 Å². The van der Waals surface area contributed by atoms with Gasteiger partial charge in [0.25, 0.3) is 0 Å². The summed E-state index contributed by atoms with van der Waals surface area (Å²) in [5.41, 5.74) is 0. The standard InChI is InChI=1S/C4H10O.Li.H2O4S.H/c1-3-5-4-2;;1-5(2,3)4;/h3-4H2,1-2H3;;(H2,1,2,3,4);. The van der Waals surface area contributed by atoms with Crippen LogP contribution in [0.5, 0.6) is 0 Å². The van der Waals surface area contributed by atoms with Crippen molar-refractivity contribution in [3.05, 3.63) is 0 Å². The van der Waals surface area contributed by atoms with Crippen LogP contribution in [0.4, 0.5) is 0 Å². The van der Waals surface area contributed by atoms with Gasteiger partial charge in [-0.25, -0.2) is 0 Å². The van der Waals surface area contributed by atoms with E-state index in [1.807, 2.05) is 13.8 Å². The van der Waals surface area contributed by atoms with Gasteiger partial charge in [-0.15, -0.1) is 0 Å². The molecule has 0 heterocycles. The Morgan fingerprint density at radius 1 is 1.18 bits per heavy atom. The number of hydrogen-bond donors (Lipinski definition) is 2. The Kier molecular flexibility index (Phi) is 16.6. The van der Waals surface area contributed by atoms with E-state index in [2.05, 4.69) is 0 Å². The molecule has 0 bridgehead atoms. The molecule has 0 aromatic carbocycles. The molecule has 0 rings (SSSR count). The van der Waals surface area contributed by atoms with E-state index in [0.717, 1.165) is 13.2 Å². The molecule has 0 spiro atoms. The Balaban J connectivity index is -0.000000107. The van der Waals surface area contributed by atoms with Gasteiger partial charge in [0.2, 0.25) is 0 Å². The fraction of sp³-hybridized carbons (Fsp3) is 1.00. The summed E-state index contributed by atoms with van der Waals surface area (Å²) in [4.78, 5) is 0. The number of hydrogen-bond acceptors (Lipinski definition) is 3. The molecule has 5 nitrogen and oxygen atoms in total. The van der Waals surface area contributed by atoms with Crippen molar-refractivity contribution >= 4 is 29.3 Å². The van der Waals surface area contributed by atoms with E-state index in [1.54, 1.807) is 0 Å². The van der Waals surface area contributed by atoms with Crippen molar-refractivity contribution in [2.24, 2.45) is 0 Å². The van der Waals surface area contributed by atoms with Gasteiger partial charge >= 0.3 is 29.3 Å². The molecule has 0 radical (unpaired) electrons. The van der Waals surface area contributed by atoms with Gasteiger partial charge in [0, 0.05) is 13.2 Å². The first kappa shape index (κ1) is 17.5. The zero-order valence-corrected chi connectivity index (χ0v) is 6.76. The summed E-state index contributed by atoms with van der Waals surface area (Å²) in [7, 11) is -4.67. The molecule has 0 aliphatic carbocycles. The summed E-state index contributed by atoms with van der Waals surface area (Å²) < 4.78 is 36.4. The molecule has 2 N–H and O–H groups in total. The van der Waals surface area contributed by atoms with Crippen LogP contribution in [-0.2, 0) is 15.1 Å². The third-order valence-electron chi connectivity index (χ3n) is 0.408. The van der Waals surface area contributed by atoms with E-state index in [4.69, 9.17) is 22.3 Å². The van der Waals surface area contributed by atoms with Gasteiger partial charge in [0.05, 0.1) is 0 Å². The van der Waals surface area contributed by atoms with Gasteiger partial charge in [-0.2, -0.15) is 8.42 Å². The van der Waals surface area contributed by atoms with Crippen LogP contribution < -0.4 is 0 Å². The summed E-state index contributed by atoms with van der Waals surface area (Å²) in [6.07, 6.45) is 0. The first-order valence-electron chi connectivity index (χ1n) is 2.69.